The lowest BCUT2D eigenvalue weighted by Crippen LogP contribution is -2.27. The van der Waals surface area contributed by atoms with Crippen LogP contribution < -0.4 is 14.2 Å². The number of carbonyl (C=O) groups is 1. The summed E-state index contributed by atoms with van der Waals surface area (Å²) in [5.41, 5.74) is 1.12. The quantitative estimate of drug-likeness (QED) is 0.696. The van der Waals surface area contributed by atoms with E-state index in [1.807, 2.05) is 30.3 Å². The van der Waals surface area contributed by atoms with Crippen LogP contribution in [0, 0.1) is 0 Å². The Hall–Kier alpha value is -2.69. The van der Waals surface area contributed by atoms with Gasteiger partial charge in [-0.2, -0.15) is 0 Å². The molecule has 0 heterocycles. The number of ether oxygens (including phenoxy) is 4. The molecule has 0 N–H and O–H groups in total. The van der Waals surface area contributed by atoms with E-state index in [0.29, 0.717) is 30.3 Å². The predicted molar refractivity (Wildman–Crippen MR) is 90.7 cm³/mol. The molecule has 5 heteroatoms. The summed E-state index contributed by atoms with van der Waals surface area (Å²) in [5, 5.41) is 0. The Bertz CT molecular complexity index is 654. The lowest BCUT2D eigenvalue weighted by Gasteiger charge is -2.16. The van der Waals surface area contributed by atoms with Crippen molar-refractivity contribution in [3.05, 3.63) is 54.1 Å². The van der Waals surface area contributed by atoms with Crippen LogP contribution in [0.25, 0.3) is 0 Å². The lowest BCUT2D eigenvalue weighted by atomic mass is 10.2. The standard InChI is InChI=1S/C19H22O5/c1-14(19(20)23-12-11-15-7-5-4-6-8-15)24-18-13-16(21-2)9-10-17(18)22-3/h4-10,13-14H,11-12H2,1-3H3. The van der Waals surface area contributed by atoms with Crippen molar-refractivity contribution in [1.82, 2.24) is 0 Å². The normalized spacial score (nSPS) is 11.5. The highest BCUT2D eigenvalue weighted by Crippen LogP contribution is 2.32. The molecule has 0 aliphatic rings. The van der Waals surface area contributed by atoms with Crippen molar-refractivity contribution >= 4 is 5.97 Å². The Morgan fingerprint density at radius 1 is 1.00 bits per heavy atom. The zero-order chi connectivity index (χ0) is 17.4. The minimum absolute atomic E-state index is 0.311. The molecule has 0 radical (unpaired) electrons. The van der Waals surface area contributed by atoms with Crippen LogP contribution in [-0.2, 0) is 16.0 Å². The minimum atomic E-state index is -0.748. The molecule has 0 saturated heterocycles. The van der Waals surface area contributed by atoms with Crippen LogP contribution in [0.2, 0.25) is 0 Å². The second-order valence-electron chi connectivity index (χ2n) is 5.18. The predicted octanol–water partition coefficient (Wildman–Crippen LogP) is 3.26. The number of esters is 1. The van der Waals surface area contributed by atoms with Crippen molar-refractivity contribution in [2.75, 3.05) is 20.8 Å². The average Bonchev–Trinajstić information content (AvgIpc) is 2.62. The zero-order valence-electron chi connectivity index (χ0n) is 14.2. The van der Waals surface area contributed by atoms with E-state index in [0.717, 1.165) is 5.56 Å². The molecular formula is C19H22O5. The van der Waals surface area contributed by atoms with Gasteiger partial charge in [0.05, 0.1) is 20.8 Å². The van der Waals surface area contributed by atoms with Crippen molar-refractivity contribution in [3.63, 3.8) is 0 Å². The summed E-state index contributed by atoms with van der Waals surface area (Å²) < 4.78 is 21.3. The van der Waals surface area contributed by atoms with Crippen LogP contribution in [0.15, 0.2) is 48.5 Å². The molecule has 2 aromatic carbocycles. The SMILES string of the molecule is COc1ccc(OC)c(OC(C)C(=O)OCCc2ccccc2)c1. The molecule has 0 saturated carbocycles. The van der Waals surface area contributed by atoms with Gasteiger partial charge in [-0.25, -0.2) is 4.79 Å². The van der Waals surface area contributed by atoms with E-state index in [1.165, 1.54) is 7.11 Å². The summed E-state index contributed by atoms with van der Waals surface area (Å²) in [6.07, 6.45) is -0.0799. The summed E-state index contributed by atoms with van der Waals surface area (Å²) in [6, 6.07) is 15.0. The van der Waals surface area contributed by atoms with Gasteiger partial charge in [-0.1, -0.05) is 30.3 Å². The highest BCUT2D eigenvalue weighted by atomic mass is 16.6. The van der Waals surface area contributed by atoms with Crippen molar-refractivity contribution in [1.29, 1.82) is 0 Å². The Labute approximate surface area is 142 Å². The second kappa shape index (κ2) is 8.82. The fraction of sp³-hybridized carbons (Fsp3) is 0.316. The van der Waals surface area contributed by atoms with Gasteiger partial charge in [0, 0.05) is 12.5 Å². The van der Waals surface area contributed by atoms with E-state index < -0.39 is 12.1 Å². The molecule has 1 unspecified atom stereocenters. The molecule has 0 spiro atoms. The first-order valence-corrected chi connectivity index (χ1v) is 7.73. The van der Waals surface area contributed by atoms with Crippen LogP contribution in [0.3, 0.4) is 0 Å². The molecule has 0 fully saturated rings. The fourth-order valence-corrected chi connectivity index (χ4v) is 2.15. The summed E-state index contributed by atoms with van der Waals surface area (Å²) in [7, 11) is 3.10. The second-order valence-corrected chi connectivity index (χ2v) is 5.18. The molecule has 5 nitrogen and oxygen atoms in total. The van der Waals surface area contributed by atoms with Crippen LogP contribution >= 0.6 is 0 Å². The molecule has 24 heavy (non-hydrogen) atoms. The summed E-state index contributed by atoms with van der Waals surface area (Å²) in [4.78, 5) is 12.1. The zero-order valence-corrected chi connectivity index (χ0v) is 14.2. The number of benzene rings is 2. The molecule has 0 aliphatic carbocycles. The Balaban J connectivity index is 1.89. The van der Waals surface area contributed by atoms with Crippen LogP contribution in [0.5, 0.6) is 17.2 Å². The molecular weight excluding hydrogens is 308 g/mol. The van der Waals surface area contributed by atoms with Crippen LogP contribution in [-0.4, -0.2) is 32.9 Å². The van der Waals surface area contributed by atoms with Crippen molar-refractivity contribution < 1.29 is 23.7 Å². The molecule has 0 amide bonds. The van der Waals surface area contributed by atoms with Gasteiger partial charge in [-0.15, -0.1) is 0 Å². The van der Waals surface area contributed by atoms with Crippen molar-refractivity contribution in [3.8, 4) is 17.2 Å². The largest absolute Gasteiger partial charge is 0.497 e. The highest BCUT2D eigenvalue weighted by molar-refractivity contribution is 5.74. The third kappa shape index (κ3) is 4.91. The Morgan fingerprint density at radius 3 is 2.42 bits per heavy atom. The molecule has 2 rings (SSSR count). The smallest absolute Gasteiger partial charge is 0.347 e. The minimum Gasteiger partial charge on any atom is -0.497 e. The van der Waals surface area contributed by atoms with Gasteiger partial charge in [0.1, 0.15) is 5.75 Å². The van der Waals surface area contributed by atoms with Gasteiger partial charge >= 0.3 is 5.97 Å². The summed E-state index contributed by atoms with van der Waals surface area (Å²) in [5.74, 6) is 1.16. The van der Waals surface area contributed by atoms with E-state index in [1.54, 1.807) is 32.2 Å². The molecule has 0 bridgehead atoms. The maximum Gasteiger partial charge on any atom is 0.347 e. The van der Waals surface area contributed by atoms with Gasteiger partial charge in [-0.3, -0.25) is 0 Å². The first-order valence-electron chi connectivity index (χ1n) is 7.73. The monoisotopic (exact) mass is 330 g/mol. The van der Waals surface area contributed by atoms with E-state index in [2.05, 4.69) is 0 Å². The molecule has 0 aliphatic heterocycles. The number of hydrogen-bond donors (Lipinski definition) is 0. The number of hydrogen-bond acceptors (Lipinski definition) is 5. The van der Waals surface area contributed by atoms with E-state index in [4.69, 9.17) is 18.9 Å². The van der Waals surface area contributed by atoms with E-state index in [-0.39, 0.29) is 0 Å². The maximum atomic E-state index is 12.1. The topological polar surface area (TPSA) is 54.0 Å². The van der Waals surface area contributed by atoms with Crippen molar-refractivity contribution in [2.45, 2.75) is 19.4 Å². The summed E-state index contributed by atoms with van der Waals surface area (Å²) >= 11 is 0. The first kappa shape index (κ1) is 17.7. The maximum absolute atomic E-state index is 12.1. The average molecular weight is 330 g/mol. The van der Waals surface area contributed by atoms with Gasteiger partial charge in [0.25, 0.3) is 0 Å². The van der Waals surface area contributed by atoms with Crippen molar-refractivity contribution in [2.24, 2.45) is 0 Å². The third-order valence-corrected chi connectivity index (χ3v) is 3.48. The Kier molecular flexibility index (Phi) is 6.49. The molecule has 1 atom stereocenters. The molecule has 0 aromatic heterocycles. The molecule has 2 aromatic rings. The fourth-order valence-electron chi connectivity index (χ4n) is 2.15. The highest BCUT2D eigenvalue weighted by Gasteiger charge is 2.19. The van der Waals surface area contributed by atoms with Gasteiger partial charge < -0.3 is 18.9 Å². The molecule has 128 valence electrons. The number of carbonyl (C=O) groups excluding carboxylic acids is 1. The summed E-state index contributed by atoms with van der Waals surface area (Å²) in [6.45, 7) is 1.95. The van der Waals surface area contributed by atoms with Crippen LogP contribution in [0.1, 0.15) is 12.5 Å². The number of methoxy groups -OCH3 is 2. The van der Waals surface area contributed by atoms with Crippen LogP contribution in [0.4, 0.5) is 0 Å². The van der Waals surface area contributed by atoms with Gasteiger partial charge in [0.2, 0.25) is 0 Å². The van der Waals surface area contributed by atoms with Gasteiger partial charge in [0.15, 0.2) is 17.6 Å². The third-order valence-electron chi connectivity index (χ3n) is 3.48. The number of rotatable bonds is 8. The van der Waals surface area contributed by atoms with E-state index >= 15 is 0 Å². The van der Waals surface area contributed by atoms with Gasteiger partial charge in [-0.05, 0) is 24.6 Å². The first-order chi connectivity index (χ1) is 11.6. The lowest BCUT2D eigenvalue weighted by molar-refractivity contribution is -0.151. The Morgan fingerprint density at radius 2 is 1.75 bits per heavy atom. The van der Waals surface area contributed by atoms with E-state index in [9.17, 15) is 4.79 Å².